The summed E-state index contributed by atoms with van der Waals surface area (Å²) in [6.45, 7) is 3.65. The lowest BCUT2D eigenvalue weighted by Gasteiger charge is -2.19. The minimum Gasteiger partial charge on any atom is -0.385 e. The van der Waals surface area contributed by atoms with Gasteiger partial charge < -0.3 is 15.4 Å². The maximum absolute atomic E-state index is 11.6. The van der Waals surface area contributed by atoms with Gasteiger partial charge in [0.2, 0.25) is 5.91 Å². The molecule has 0 bridgehead atoms. The van der Waals surface area contributed by atoms with Crippen LogP contribution in [0.15, 0.2) is 0 Å². The van der Waals surface area contributed by atoms with Gasteiger partial charge in [0.25, 0.3) is 0 Å². The smallest absolute Gasteiger partial charge is 0.223 e. The quantitative estimate of drug-likeness (QED) is 0.567. The summed E-state index contributed by atoms with van der Waals surface area (Å²) in [4.78, 5) is 11.6. The van der Waals surface area contributed by atoms with Gasteiger partial charge in [-0.15, -0.1) is 0 Å². The largest absolute Gasteiger partial charge is 0.385 e. The van der Waals surface area contributed by atoms with Crippen molar-refractivity contribution in [3.05, 3.63) is 0 Å². The van der Waals surface area contributed by atoms with Gasteiger partial charge in [-0.25, -0.2) is 0 Å². The third-order valence-electron chi connectivity index (χ3n) is 2.63. The first-order valence-electron chi connectivity index (χ1n) is 5.43. The Morgan fingerprint density at radius 3 is 2.86 bits per heavy atom. The molecule has 1 aliphatic heterocycles. The number of nitrogens with one attached hydrogen (secondary N) is 1. The van der Waals surface area contributed by atoms with Crippen LogP contribution in [0.4, 0.5) is 0 Å². The summed E-state index contributed by atoms with van der Waals surface area (Å²) in [6.07, 6.45) is 2.95. The van der Waals surface area contributed by atoms with E-state index >= 15 is 0 Å². The highest BCUT2D eigenvalue weighted by Crippen LogP contribution is 2.08. The summed E-state index contributed by atoms with van der Waals surface area (Å²) in [6, 6.07) is 0. The van der Waals surface area contributed by atoms with Crippen molar-refractivity contribution >= 4 is 5.91 Å². The second-order valence-corrected chi connectivity index (χ2v) is 3.78. The average molecular weight is 201 g/mol. The molecule has 1 heterocycles. The summed E-state index contributed by atoms with van der Waals surface area (Å²) >= 11 is 0. The van der Waals surface area contributed by atoms with E-state index in [1.807, 2.05) is 0 Å². The first-order chi connectivity index (χ1) is 6.84. The van der Waals surface area contributed by atoms with Crippen molar-refractivity contribution in [3.8, 4) is 0 Å². The van der Waals surface area contributed by atoms with Crippen LogP contribution in [-0.4, -0.2) is 39.3 Å². The van der Waals surface area contributed by atoms with E-state index in [4.69, 9.17) is 4.74 Å². The summed E-state index contributed by atoms with van der Waals surface area (Å²) in [5.41, 5.74) is 0. The molecule has 4 nitrogen and oxygen atoms in total. The van der Waals surface area contributed by atoms with Crippen molar-refractivity contribution in [1.82, 2.24) is 5.32 Å². The molecule has 0 radical (unpaired) electrons. The Morgan fingerprint density at radius 1 is 1.50 bits per heavy atom. The summed E-state index contributed by atoms with van der Waals surface area (Å²) in [5, 5.41) is 5.23. The van der Waals surface area contributed by atoms with Crippen LogP contribution in [0.1, 0.15) is 19.3 Å². The highest BCUT2D eigenvalue weighted by Gasteiger charge is 2.21. The van der Waals surface area contributed by atoms with Gasteiger partial charge in [-0.05, 0) is 6.42 Å². The Hall–Kier alpha value is -0.610. The predicted octanol–water partition coefficient (Wildman–Crippen LogP) is -0.887. The lowest BCUT2D eigenvalue weighted by Crippen LogP contribution is -2.86. The number of carbonyl (C=O) groups excluding carboxylic acids is 1. The van der Waals surface area contributed by atoms with E-state index in [0.29, 0.717) is 0 Å². The molecule has 1 fully saturated rings. The molecule has 0 aliphatic carbocycles. The van der Waals surface area contributed by atoms with Crippen molar-refractivity contribution in [2.45, 2.75) is 19.3 Å². The molecular formula is C10H21N2O2+. The van der Waals surface area contributed by atoms with Gasteiger partial charge in [0.1, 0.15) is 0 Å². The molecule has 1 rings (SSSR count). The van der Waals surface area contributed by atoms with Crippen LogP contribution < -0.4 is 10.6 Å². The fourth-order valence-electron chi connectivity index (χ4n) is 1.76. The number of nitrogens with two attached hydrogens (primary N) is 1. The maximum atomic E-state index is 11.6. The third-order valence-corrected chi connectivity index (χ3v) is 2.63. The van der Waals surface area contributed by atoms with Crippen molar-refractivity contribution in [2.75, 3.05) is 33.4 Å². The van der Waals surface area contributed by atoms with Crippen molar-refractivity contribution < 1.29 is 14.8 Å². The Bertz CT molecular complexity index is 168. The maximum Gasteiger partial charge on any atom is 0.223 e. The molecule has 1 saturated heterocycles. The third kappa shape index (κ3) is 4.07. The molecule has 82 valence electrons. The first kappa shape index (κ1) is 11.5. The van der Waals surface area contributed by atoms with Gasteiger partial charge >= 0.3 is 0 Å². The summed E-state index contributed by atoms with van der Waals surface area (Å²) < 4.78 is 4.91. The predicted molar refractivity (Wildman–Crippen MR) is 53.9 cm³/mol. The number of quaternary nitrogens is 1. The number of piperidine rings is 1. The fraction of sp³-hybridized carbons (Fsp3) is 0.900. The molecule has 0 unspecified atom stereocenters. The highest BCUT2D eigenvalue weighted by atomic mass is 16.5. The van der Waals surface area contributed by atoms with Gasteiger partial charge in [-0.2, -0.15) is 0 Å². The van der Waals surface area contributed by atoms with Gasteiger partial charge in [0.05, 0.1) is 13.1 Å². The number of amides is 1. The molecule has 4 heteroatoms. The Labute approximate surface area is 85.4 Å². The number of hydrogen-bond donors (Lipinski definition) is 2. The average Bonchev–Trinajstić information content (AvgIpc) is 2.25. The molecule has 0 atom stereocenters. The van der Waals surface area contributed by atoms with E-state index in [2.05, 4.69) is 10.6 Å². The zero-order valence-electron chi connectivity index (χ0n) is 8.92. The molecule has 1 aliphatic rings. The van der Waals surface area contributed by atoms with Gasteiger partial charge in [-0.1, -0.05) is 0 Å². The van der Waals surface area contributed by atoms with Crippen LogP contribution in [0.25, 0.3) is 0 Å². The van der Waals surface area contributed by atoms with E-state index in [0.717, 1.165) is 45.5 Å². The van der Waals surface area contributed by atoms with E-state index in [9.17, 15) is 4.79 Å². The Kier molecular flexibility index (Phi) is 5.56. The van der Waals surface area contributed by atoms with Crippen LogP contribution in [-0.2, 0) is 9.53 Å². The number of ether oxygens (including phenoxy) is 1. The highest BCUT2D eigenvalue weighted by molar-refractivity contribution is 5.78. The standard InChI is InChI=1S/C10H20N2O2/c1-14-8-2-5-12-10(13)9-3-6-11-7-4-9/h9,11H,2-8H2,1H3,(H,12,13)/p+1. The van der Waals surface area contributed by atoms with Gasteiger partial charge in [0, 0.05) is 39.0 Å². The summed E-state index contributed by atoms with van der Waals surface area (Å²) in [5.74, 6) is 0.483. The fourth-order valence-corrected chi connectivity index (χ4v) is 1.76. The molecule has 0 aromatic carbocycles. The van der Waals surface area contributed by atoms with Crippen LogP contribution >= 0.6 is 0 Å². The van der Waals surface area contributed by atoms with E-state index in [-0.39, 0.29) is 11.8 Å². The topological polar surface area (TPSA) is 54.9 Å². The van der Waals surface area contributed by atoms with Crippen molar-refractivity contribution in [1.29, 1.82) is 0 Å². The van der Waals surface area contributed by atoms with E-state index < -0.39 is 0 Å². The second kappa shape index (κ2) is 6.79. The van der Waals surface area contributed by atoms with Gasteiger partial charge in [-0.3, -0.25) is 4.79 Å². The number of hydrogen-bond acceptors (Lipinski definition) is 2. The first-order valence-corrected chi connectivity index (χ1v) is 5.43. The van der Waals surface area contributed by atoms with Crippen molar-refractivity contribution in [3.63, 3.8) is 0 Å². The summed E-state index contributed by atoms with van der Waals surface area (Å²) in [7, 11) is 1.68. The van der Waals surface area contributed by atoms with Crippen molar-refractivity contribution in [2.24, 2.45) is 5.92 Å². The molecular weight excluding hydrogens is 180 g/mol. The van der Waals surface area contributed by atoms with Gasteiger partial charge in [0.15, 0.2) is 0 Å². The number of methoxy groups -OCH3 is 1. The molecule has 0 saturated carbocycles. The lowest BCUT2D eigenvalue weighted by molar-refractivity contribution is -0.664. The number of rotatable bonds is 5. The minimum absolute atomic E-state index is 0.231. The van der Waals surface area contributed by atoms with E-state index in [1.165, 1.54) is 0 Å². The Morgan fingerprint density at radius 2 is 2.21 bits per heavy atom. The SMILES string of the molecule is COCCCNC(=O)C1CC[NH2+]CC1. The second-order valence-electron chi connectivity index (χ2n) is 3.78. The zero-order valence-corrected chi connectivity index (χ0v) is 8.92. The minimum atomic E-state index is 0.231. The Balaban J connectivity index is 2.07. The lowest BCUT2D eigenvalue weighted by atomic mass is 9.97. The van der Waals surface area contributed by atoms with Crippen LogP contribution in [0, 0.1) is 5.92 Å². The number of carbonyl (C=O) groups is 1. The normalized spacial score (nSPS) is 18.1. The zero-order chi connectivity index (χ0) is 10.2. The molecule has 1 amide bonds. The molecule has 0 aromatic heterocycles. The van der Waals surface area contributed by atoms with Crippen LogP contribution in [0.3, 0.4) is 0 Å². The van der Waals surface area contributed by atoms with Crippen LogP contribution in [0.2, 0.25) is 0 Å². The molecule has 0 spiro atoms. The monoisotopic (exact) mass is 201 g/mol. The van der Waals surface area contributed by atoms with E-state index in [1.54, 1.807) is 7.11 Å². The molecule has 3 N–H and O–H groups in total. The molecule has 0 aromatic rings. The van der Waals surface area contributed by atoms with Crippen LogP contribution in [0.5, 0.6) is 0 Å². The molecule has 14 heavy (non-hydrogen) atoms.